The highest BCUT2D eigenvalue weighted by Gasteiger charge is 2.30. The number of aromatic nitrogens is 1. The first kappa shape index (κ1) is 23.7. The van der Waals surface area contributed by atoms with Gasteiger partial charge < -0.3 is 30.1 Å². The van der Waals surface area contributed by atoms with Crippen molar-refractivity contribution in [1.82, 2.24) is 9.88 Å². The molecule has 3 aliphatic heterocycles. The number of rotatable bonds is 4. The number of hydrogen-bond donors (Lipinski definition) is 3. The van der Waals surface area contributed by atoms with E-state index in [0.29, 0.717) is 17.2 Å². The number of nitrogens with zero attached hydrogens (tertiary/aromatic N) is 4. The largest absolute Gasteiger partial charge is 0.506 e. The van der Waals surface area contributed by atoms with Crippen molar-refractivity contribution < 1.29 is 19.3 Å². The van der Waals surface area contributed by atoms with Crippen molar-refractivity contribution in [3.8, 4) is 17.2 Å². The van der Waals surface area contributed by atoms with Crippen LogP contribution in [0.1, 0.15) is 18.4 Å². The molecule has 3 N–H and O–H groups in total. The Kier molecular flexibility index (Phi) is 6.16. The molecule has 37 heavy (non-hydrogen) atoms. The van der Waals surface area contributed by atoms with Crippen LogP contribution in [-0.4, -0.2) is 79.1 Å². The van der Waals surface area contributed by atoms with E-state index < -0.39 is 5.82 Å². The quantitative estimate of drug-likeness (QED) is 0.490. The van der Waals surface area contributed by atoms with Crippen molar-refractivity contribution in [3.63, 3.8) is 0 Å². The molecule has 0 aliphatic carbocycles. The summed E-state index contributed by atoms with van der Waals surface area (Å²) in [6, 6.07) is 7.15. The Morgan fingerprint density at radius 1 is 1.00 bits per heavy atom. The molecule has 2 fully saturated rings. The van der Waals surface area contributed by atoms with Crippen LogP contribution in [0, 0.1) is 5.82 Å². The zero-order valence-corrected chi connectivity index (χ0v) is 21.0. The molecule has 0 radical (unpaired) electrons. The molecule has 1 aromatic heterocycles. The Morgan fingerprint density at radius 3 is 2.54 bits per heavy atom. The molecule has 4 heterocycles. The molecule has 0 saturated carbocycles. The standard InChI is InChI=1S/C28H32FN5O3/c1-37-21-13-18-3-2-6-30-26(18)24(15-21)33-11-9-32(10-12-33)19-4-7-34(8-5-19)28-25(36)16-23(29)22-14-20(35)17-31-27(22)28/h2-3,13-17,19,30,35-36H,4-12H2,1H3. The average Bonchev–Trinajstić information content (AvgIpc) is 2.93. The predicted octanol–water partition coefficient (Wildman–Crippen LogP) is 4.02. The van der Waals surface area contributed by atoms with E-state index in [1.807, 2.05) is 0 Å². The van der Waals surface area contributed by atoms with Crippen molar-refractivity contribution in [2.45, 2.75) is 18.9 Å². The van der Waals surface area contributed by atoms with E-state index in [2.05, 4.69) is 49.3 Å². The second-order valence-corrected chi connectivity index (χ2v) is 9.95. The fourth-order valence-corrected chi connectivity index (χ4v) is 5.97. The maximum absolute atomic E-state index is 14.4. The van der Waals surface area contributed by atoms with Gasteiger partial charge in [0.15, 0.2) is 0 Å². The third-order valence-corrected chi connectivity index (χ3v) is 7.86. The highest BCUT2D eigenvalue weighted by Crippen LogP contribution is 2.40. The van der Waals surface area contributed by atoms with Gasteiger partial charge in [0.05, 0.1) is 24.7 Å². The van der Waals surface area contributed by atoms with Gasteiger partial charge in [0.2, 0.25) is 0 Å². The fraction of sp³-hybridized carbons (Fsp3) is 0.393. The number of anilines is 3. The number of ether oxygens (including phenoxy) is 1. The lowest BCUT2D eigenvalue weighted by atomic mass is 10.00. The topological polar surface area (TPSA) is 84.3 Å². The molecule has 9 heteroatoms. The van der Waals surface area contributed by atoms with Gasteiger partial charge in [-0.25, -0.2) is 9.37 Å². The maximum Gasteiger partial charge on any atom is 0.144 e. The van der Waals surface area contributed by atoms with Crippen molar-refractivity contribution >= 4 is 34.0 Å². The molecule has 8 nitrogen and oxygen atoms in total. The molecular formula is C28H32FN5O3. The SMILES string of the molecule is COc1cc2c(c(N3CCN(C4CCN(c5c(O)cc(F)c6cc(O)cnc56)CC4)CC3)c1)NCC=C2. The van der Waals surface area contributed by atoms with Gasteiger partial charge >= 0.3 is 0 Å². The smallest absolute Gasteiger partial charge is 0.144 e. The van der Waals surface area contributed by atoms with Crippen molar-refractivity contribution in [2.24, 2.45) is 0 Å². The summed E-state index contributed by atoms with van der Waals surface area (Å²) in [6.07, 6.45) is 7.49. The number of fused-ring (bicyclic) bond motifs is 2. The summed E-state index contributed by atoms with van der Waals surface area (Å²) in [5, 5.41) is 24.1. The number of halogens is 1. The van der Waals surface area contributed by atoms with Gasteiger partial charge in [0.1, 0.15) is 34.3 Å². The van der Waals surface area contributed by atoms with Gasteiger partial charge in [0.25, 0.3) is 0 Å². The summed E-state index contributed by atoms with van der Waals surface area (Å²) in [5.41, 5.74) is 4.47. The van der Waals surface area contributed by atoms with Gasteiger partial charge in [-0.2, -0.15) is 0 Å². The van der Waals surface area contributed by atoms with Crippen LogP contribution in [0.3, 0.4) is 0 Å². The van der Waals surface area contributed by atoms with Crippen LogP contribution in [0.5, 0.6) is 17.2 Å². The third kappa shape index (κ3) is 4.37. The third-order valence-electron chi connectivity index (χ3n) is 7.86. The average molecular weight is 506 g/mol. The number of phenols is 1. The van der Waals surface area contributed by atoms with Crippen molar-refractivity contribution in [1.29, 1.82) is 0 Å². The van der Waals surface area contributed by atoms with Crippen LogP contribution < -0.4 is 19.9 Å². The minimum absolute atomic E-state index is 0.0948. The first-order valence-corrected chi connectivity index (χ1v) is 12.9. The molecule has 0 amide bonds. The lowest BCUT2D eigenvalue weighted by molar-refractivity contribution is 0.160. The zero-order valence-electron chi connectivity index (χ0n) is 21.0. The lowest BCUT2D eigenvalue weighted by Gasteiger charge is -2.44. The number of hydrogen-bond acceptors (Lipinski definition) is 8. The predicted molar refractivity (Wildman–Crippen MR) is 145 cm³/mol. The van der Waals surface area contributed by atoms with Gasteiger partial charge in [-0.1, -0.05) is 12.2 Å². The van der Waals surface area contributed by atoms with Crippen LogP contribution >= 0.6 is 0 Å². The van der Waals surface area contributed by atoms with Crippen LogP contribution in [0.25, 0.3) is 17.0 Å². The number of piperazine rings is 1. The second-order valence-electron chi connectivity index (χ2n) is 9.95. The van der Waals surface area contributed by atoms with Crippen molar-refractivity contribution in [2.75, 3.05) is 68.0 Å². The highest BCUT2D eigenvalue weighted by atomic mass is 19.1. The van der Waals surface area contributed by atoms with Crippen LogP contribution in [-0.2, 0) is 0 Å². The van der Waals surface area contributed by atoms with Gasteiger partial charge in [-0.05, 0) is 25.0 Å². The van der Waals surface area contributed by atoms with E-state index >= 15 is 0 Å². The Bertz CT molecular complexity index is 1350. The van der Waals surface area contributed by atoms with E-state index in [1.165, 1.54) is 23.6 Å². The number of benzene rings is 2. The van der Waals surface area contributed by atoms with E-state index in [1.54, 1.807) is 7.11 Å². The van der Waals surface area contributed by atoms with Crippen LogP contribution in [0.2, 0.25) is 0 Å². The molecule has 2 aromatic carbocycles. The molecule has 3 aliphatic rings. The molecule has 0 bridgehead atoms. The summed E-state index contributed by atoms with van der Waals surface area (Å²) in [7, 11) is 1.71. The van der Waals surface area contributed by atoms with E-state index in [4.69, 9.17) is 4.74 Å². The summed E-state index contributed by atoms with van der Waals surface area (Å²) in [5.74, 6) is 0.0806. The lowest BCUT2D eigenvalue weighted by Crippen LogP contribution is -2.53. The van der Waals surface area contributed by atoms with Crippen LogP contribution in [0.4, 0.5) is 21.5 Å². The molecule has 0 unspecified atom stereocenters. The minimum atomic E-state index is -0.587. The summed E-state index contributed by atoms with van der Waals surface area (Å²) >= 11 is 0. The number of methoxy groups -OCH3 is 1. The van der Waals surface area contributed by atoms with E-state index in [9.17, 15) is 14.6 Å². The zero-order chi connectivity index (χ0) is 25.5. The van der Waals surface area contributed by atoms with Crippen molar-refractivity contribution in [3.05, 3.63) is 47.9 Å². The molecule has 6 rings (SSSR count). The molecule has 2 saturated heterocycles. The minimum Gasteiger partial charge on any atom is -0.506 e. The number of phenolic OH excluding ortho intramolecular Hbond substituents is 1. The fourth-order valence-electron chi connectivity index (χ4n) is 5.97. The Labute approximate surface area is 215 Å². The first-order chi connectivity index (χ1) is 18.0. The Hall–Kier alpha value is -3.72. The van der Waals surface area contributed by atoms with E-state index in [-0.39, 0.29) is 16.9 Å². The normalized spacial score (nSPS) is 18.6. The first-order valence-electron chi connectivity index (χ1n) is 12.9. The monoisotopic (exact) mass is 505 g/mol. The Balaban J connectivity index is 1.13. The molecule has 0 atom stereocenters. The number of pyridine rings is 1. The Morgan fingerprint density at radius 2 is 1.78 bits per heavy atom. The van der Waals surface area contributed by atoms with Gasteiger partial charge in [-0.15, -0.1) is 0 Å². The maximum atomic E-state index is 14.4. The molecule has 194 valence electrons. The summed E-state index contributed by atoms with van der Waals surface area (Å²) < 4.78 is 20.0. The molecule has 3 aromatic rings. The highest BCUT2D eigenvalue weighted by molar-refractivity contribution is 5.95. The van der Waals surface area contributed by atoms with Gasteiger partial charge in [0, 0.05) is 74.9 Å². The summed E-state index contributed by atoms with van der Waals surface area (Å²) in [6.45, 7) is 6.20. The second kappa shape index (κ2) is 9.63. The number of piperidine rings is 1. The number of aromatic hydroxyl groups is 2. The molecular weight excluding hydrogens is 473 g/mol. The van der Waals surface area contributed by atoms with E-state index in [0.717, 1.165) is 76.0 Å². The van der Waals surface area contributed by atoms with Gasteiger partial charge in [-0.3, -0.25) is 4.90 Å². The molecule has 0 spiro atoms. The van der Waals surface area contributed by atoms with Crippen LogP contribution in [0.15, 0.2) is 36.5 Å². The summed E-state index contributed by atoms with van der Waals surface area (Å²) in [4.78, 5) is 11.4. The number of nitrogens with one attached hydrogen (secondary N) is 1.